The van der Waals surface area contributed by atoms with Crippen molar-refractivity contribution in [2.45, 2.75) is 76.8 Å². The Bertz CT molecular complexity index is 762. The van der Waals surface area contributed by atoms with Gasteiger partial charge in [0.2, 0.25) is 0 Å². The maximum absolute atomic E-state index is 15.0. The molecule has 0 bridgehead atoms. The first-order valence-corrected chi connectivity index (χ1v) is 12.2. The standard InChI is InChI=1S/C19H32ClFN2O2Si/c1-17(2,3)26(6,7)25-18(4,5)13-10-14(23-16(20)15(13)21)19(24,11-22)12-8-9-12/h10,12,24H,8-9,11,22H2,1-7H3/i11D2. The second kappa shape index (κ2) is 6.81. The van der Waals surface area contributed by atoms with Crippen molar-refractivity contribution >= 4 is 19.9 Å². The lowest BCUT2D eigenvalue weighted by Gasteiger charge is -2.43. The molecule has 1 heterocycles. The molecule has 148 valence electrons. The minimum Gasteiger partial charge on any atom is -0.408 e. The van der Waals surface area contributed by atoms with Crippen LogP contribution in [0.2, 0.25) is 23.3 Å². The normalized spacial score (nSPS) is 20.4. The lowest BCUT2D eigenvalue weighted by molar-refractivity contribution is 0.0170. The molecule has 0 saturated heterocycles. The molecule has 2 rings (SSSR count). The van der Waals surface area contributed by atoms with Crippen molar-refractivity contribution in [3.05, 3.63) is 28.3 Å². The van der Waals surface area contributed by atoms with E-state index in [1.54, 1.807) is 13.8 Å². The number of hydrogen-bond acceptors (Lipinski definition) is 4. The molecule has 26 heavy (non-hydrogen) atoms. The van der Waals surface area contributed by atoms with Gasteiger partial charge in [0.15, 0.2) is 19.3 Å². The predicted octanol–water partition coefficient (Wildman–Crippen LogP) is 4.69. The van der Waals surface area contributed by atoms with Gasteiger partial charge in [0, 0.05) is 14.8 Å². The van der Waals surface area contributed by atoms with Crippen molar-refractivity contribution in [2.75, 3.05) is 6.50 Å². The first-order chi connectivity index (χ1) is 12.3. The van der Waals surface area contributed by atoms with E-state index in [1.807, 2.05) is 0 Å². The molecular formula is C19H32ClFN2O2Si. The van der Waals surface area contributed by atoms with Crippen LogP contribution in [0.5, 0.6) is 0 Å². The van der Waals surface area contributed by atoms with Gasteiger partial charge < -0.3 is 15.3 Å². The molecule has 4 nitrogen and oxygen atoms in total. The summed E-state index contributed by atoms with van der Waals surface area (Å²) in [4.78, 5) is 3.97. The summed E-state index contributed by atoms with van der Waals surface area (Å²) in [6.07, 6.45) is 1.23. The number of rotatable bonds is 6. The summed E-state index contributed by atoms with van der Waals surface area (Å²) in [6, 6.07) is 1.36. The Hall–Kier alpha value is -0.533. The largest absolute Gasteiger partial charge is 0.408 e. The van der Waals surface area contributed by atoms with Gasteiger partial charge in [0.25, 0.3) is 0 Å². The summed E-state index contributed by atoms with van der Waals surface area (Å²) < 4.78 is 37.4. The molecule has 1 atom stereocenters. The van der Waals surface area contributed by atoms with Crippen molar-refractivity contribution in [3.63, 3.8) is 0 Å². The van der Waals surface area contributed by atoms with Crippen LogP contribution in [0.4, 0.5) is 4.39 Å². The van der Waals surface area contributed by atoms with E-state index in [0.29, 0.717) is 12.8 Å². The Kier molecular flexibility index (Phi) is 4.93. The Morgan fingerprint density at radius 3 is 2.35 bits per heavy atom. The number of nitrogens with zero attached hydrogens (tertiary/aromatic N) is 1. The van der Waals surface area contributed by atoms with Crippen LogP contribution >= 0.6 is 11.6 Å². The first-order valence-electron chi connectivity index (χ1n) is 9.93. The molecule has 1 aliphatic rings. The van der Waals surface area contributed by atoms with Gasteiger partial charge in [0.1, 0.15) is 5.60 Å². The zero-order valence-corrected chi connectivity index (χ0v) is 18.5. The Balaban J connectivity index is 2.60. The van der Waals surface area contributed by atoms with Gasteiger partial charge in [-0.3, -0.25) is 0 Å². The molecule has 3 N–H and O–H groups in total. The fraction of sp³-hybridized carbons (Fsp3) is 0.737. The molecule has 0 radical (unpaired) electrons. The van der Waals surface area contributed by atoms with Crippen molar-refractivity contribution in [3.8, 4) is 0 Å². The number of aliphatic hydroxyl groups is 1. The van der Waals surface area contributed by atoms with Crippen LogP contribution in [0.1, 0.15) is 61.5 Å². The first kappa shape index (κ1) is 18.8. The van der Waals surface area contributed by atoms with Gasteiger partial charge in [-0.1, -0.05) is 32.4 Å². The summed E-state index contributed by atoms with van der Waals surface area (Å²) >= 11 is 6.06. The molecule has 1 aromatic rings. The average molecular weight is 405 g/mol. The molecule has 7 heteroatoms. The summed E-state index contributed by atoms with van der Waals surface area (Å²) in [6.45, 7) is 11.4. The van der Waals surface area contributed by atoms with Gasteiger partial charge >= 0.3 is 0 Å². The number of nitrogens with two attached hydrogens (primary N) is 1. The Morgan fingerprint density at radius 1 is 1.38 bits per heavy atom. The lowest BCUT2D eigenvalue weighted by Crippen LogP contribution is -2.47. The van der Waals surface area contributed by atoms with E-state index in [2.05, 4.69) is 38.8 Å². The van der Waals surface area contributed by atoms with E-state index in [0.717, 1.165) is 0 Å². The third-order valence-corrected chi connectivity index (χ3v) is 10.5. The smallest absolute Gasteiger partial charge is 0.193 e. The van der Waals surface area contributed by atoms with Crippen molar-refractivity contribution < 1.29 is 16.7 Å². The molecule has 0 spiro atoms. The summed E-state index contributed by atoms with van der Waals surface area (Å²) in [5.41, 5.74) is 2.65. The van der Waals surface area contributed by atoms with E-state index >= 15 is 0 Å². The molecule has 0 amide bonds. The molecule has 1 aliphatic carbocycles. The van der Waals surface area contributed by atoms with Crippen LogP contribution in [0.3, 0.4) is 0 Å². The average Bonchev–Trinajstić information content (AvgIpc) is 3.30. The lowest BCUT2D eigenvalue weighted by atomic mass is 9.89. The molecule has 1 unspecified atom stereocenters. The fourth-order valence-corrected chi connectivity index (χ4v) is 4.76. The molecular weight excluding hydrogens is 371 g/mol. The Morgan fingerprint density at radius 2 is 1.92 bits per heavy atom. The maximum atomic E-state index is 15.0. The summed E-state index contributed by atoms with van der Waals surface area (Å²) in [7, 11) is -2.26. The zero-order valence-electron chi connectivity index (χ0n) is 18.7. The maximum Gasteiger partial charge on any atom is 0.193 e. The number of halogens is 2. The molecule has 1 aromatic heterocycles. The molecule has 0 aliphatic heterocycles. The zero-order chi connectivity index (χ0) is 21.9. The Labute approximate surface area is 165 Å². The fourth-order valence-electron chi connectivity index (χ4n) is 2.88. The van der Waals surface area contributed by atoms with E-state index < -0.39 is 42.9 Å². The van der Waals surface area contributed by atoms with Gasteiger partial charge in [-0.05, 0) is 56.8 Å². The van der Waals surface area contributed by atoms with Gasteiger partial charge in [-0.15, -0.1) is 0 Å². The molecule has 1 fully saturated rings. The minimum absolute atomic E-state index is 0.0594. The van der Waals surface area contributed by atoms with Crippen LogP contribution in [0.25, 0.3) is 0 Å². The van der Waals surface area contributed by atoms with Gasteiger partial charge in [0.05, 0.1) is 11.3 Å². The van der Waals surface area contributed by atoms with Crippen molar-refractivity contribution in [2.24, 2.45) is 11.7 Å². The van der Waals surface area contributed by atoms with E-state index in [-0.39, 0.29) is 16.3 Å². The van der Waals surface area contributed by atoms with Crippen LogP contribution in [-0.4, -0.2) is 24.9 Å². The van der Waals surface area contributed by atoms with Crippen LogP contribution < -0.4 is 5.73 Å². The molecule has 1 saturated carbocycles. The second-order valence-corrected chi connectivity index (χ2v) is 14.3. The topological polar surface area (TPSA) is 68.4 Å². The highest BCUT2D eigenvalue weighted by Crippen LogP contribution is 2.47. The highest BCUT2D eigenvalue weighted by molar-refractivity contribution is 6.74. The molecule has 0 aromatic carbocycles. The van der Waals surface area contributed by atoms with Gasteiger partial charge in [-0.25, -0.2) is 9.37 Å². The van der Waals surface area contributed by atoms with Crippen LogP contribution in [-0.2, 0) is 15.6 Å². The third kappa shape index (κ3) is 3.99. The summed E-state index contributed by atoms with van der Waals surface area (Å²) in [5, 5.41) is 10.6. The number of hydrogen-bond donors (Lipinski definition) is 2. The summed E-state index contributed by atoms with van der Waals surface area (Å²) in [5.74, 6) is -1.12. The highest BCUT2D eigenvalue weighted by atomic mass is 35.5. The van der Waals surface area contributed by atoms with Crippen molar-refractivity contribution in [1.82, 2.24) is 4.98 Å². The van der Waals surface area contributed by atoms with E-state index in [9.17, 15) is 9.50 Å². The van der Waals surface area contributed by atoms with Crippen LogP contribution in [0, 0.1) is 11.7 Å². The van der Waals surface area contributed by atoms with E-state index in [1.165, 1.54) is 6.07 Å². The monoisotopic (exact) mass is 404 g/mol. The second-order valence-electron chi connectivity index (χ2n) is 9.22. The SMILES string of the molecule is [2H]C([2H])(N)C(O)(c1cc(C(C)(C)O[Si](C)(C)C(C)(C)C)c(F)c(Cl)n1)C1CC1. The highest BCUT2D eigenvalue weighted by Gasteiger charge is 2.47. The van der Waals surface area contributed by atoms with E-state index in [4.69, 9.17) is 24.5 Å². The third-order valence-electron chi connectivity index (χ3n) is 5.66. The predicted molar refractivity (Wildman–Crippen MR) is 106 cm³/mol. The van der Waals surface area contributed by atoms with Crippen LogP contribution in [0.15, 0.2) is 6.07 Å². The quantitative estimate of drug-likeness (QED) is 0.533. The van der Waals surface area contributed by atoms with Crippen molar-refractivity contribution in [1.29, 1.82) is 0 Å². The van der Waals surface area contributed by atoms with Gasteiger partial charge in [-0.2, -0.15) is 0 Å². The minimum atomic E-state index is -2.45. The number of aromatic nitrogens is 1. The number of pyridine rings is 1.